The van der Waals surface area contributed by atoms with E-state index in [4.69, 9.17) is 0 Å². The van der Waals surface area contributed by atoms with Crippen LogP contribution in [0, 0.1) is 0 Å². The Morgan fingerprint density at radius 2 is 2.30 bits per heavy atom. The van der Waals surface area contributed by atoms with Gasteiger partial charge in [-0.15, -0.1) is 0 Å². The van der Waals surface area contributed by atoms with Gasteiger partial charge in [-0.3, -0.25) is 0 Å². The van der Waals surface area contributed by atoms with Crippen LogP contribution in [-0.4, -0.2) is 0 Å². The molecule has 10 heavy (non-hydrogen) atoms. The van der Waals surface area contributed by atoms with Crippen molar-refractivity contribution in [2.45, 2.75) is 18.2 Å². The monoisotopic (exact) mass is 156 g/mol. The standard InChI is InChI=1S/C8H9FS/c1-2-7-4-3-5-8(6-7)10-9/h3-6H,2H2,1H3. The summed E-state index contributed by atoms with van der Waals surface area (Å²) in [5.74, 6) is 0. The van der Waals surface area contributed by atoms with Crippen LogP contribution in [0.15, 0.2) is 29.2 Å². The zero-order valence-electron chi connectivity index (χ0n) is 5.80. The van der Waals surface area contributed by atoms with Gasteiger partial charge in [-0.25, -0.2) is 0 Å². The zero-order chi connectivity index (χ0) is 7.40. The lowest BCUT2D eigenvalue weighted by Crippen LogP contribution is -1.77. The third-order valence-electron chi connectivity index (χ3n) is 1.40. The Kier molecular flexibility index (Phi) is 2.75. The van der Waals surface area contributed by atoms with E-state index in [9.17, 15) is 3.89 Å². The molecule has 0 aliphatic carbocycles. The van der Waals surface area contributed by atoms with E-state index in [1.165, 1.54) is 5.56 Å². The summed E-state index contributed by atoms with van der Waals surface area (Å²) in [6.45, 7) is 2.06. The van der Waals surface area contributed by atoms with E-state index in [0.717, 1.165) is 6.42 Å². The smallest absolute Gasteiger partial charge is 0.0812 e. The van der Waals surface area contributed by atoms with Crippen molar-refractivity contribution in [1.29, 1.82) is 0 Å². The number of rotatable bonds is 2. The van der Waals surface area contributed by atoms with E-state index in [-0.39, 0.29) is 0 Å². The average Bonchev–Trinajstić information content (AvgIpc) is 2.05. The van der Waals surface area contributed by atoms with E-state index < -0.39 is 0 Å². The number of hydrogen-bond donors (Lipinski definition) is 0. The van der Waals surface area contributed by atoms with E-state index in [2.05, 4.69) is 6.92 Å². The molecule has 0 aromatic heterocycles. The number of hydrogen-bond acceptors (Lipinski definition) is 1. The molecule has 1 aromatic carbocycles. The van der Waals surface area contributed by atoms with Gasteiger partial charge in [-0.2, -0.15) is 3.89 Å². The summed E-state index contributed by atoms with van der Waals surface area (Å²) < 4.78 is 12.0. The quantitative estimate of drug-likeness (QED) is 0.633. The van der Waals surface area contributed by atoms with Gasteiger partial charge in [0, 0.05) is 4.90 Å². The largest absolute Gasteiger partial charge is 0.160 e. The van der Waals surface area contributed by atoms with Gasteiger partial charge in [0.2, 0.25) is 0 Å². The van der Waals surface area contributed by atoms with Crippen LogP contribution in [0.4, 0.5) is 3.89 Å². The molecule has 0 unspecified atom stereocenters. The Balaban J connectivity index is 2.87. The molecule has 0 aliphatic heterocycles. The molecule has 0 nitrogen and oxygen atoms in total. The van der Waals surface area contributed by atoms with Gasteiger partial charge in [0.1, 0.15) is 0 Å². The SMILES string of the molecule is CCc1cccc(SF)c1. The van der Waals surface area contributed by atoms with Crippen LogP contribution in [0.5, 0.6) is 0 Å². The minimum Gasteiger partial charge on any atom is -0.160 e. The first-order chi connectivity index (χ1) is 4.86. The highest BCUT2D eigenvalue weighted by Crippen LogP contribution is 2.19. The van der Waals surface area contributed by atoms with Crippen molar-refractivity contribution in [3.63, 3.8) is 0 Å². The van der Waals surface area contributed by atoms with E-state index in [1.807, 2.05) is 18.2 Å². The fourth-order valence-electron chi connectivity index (χ4n) is 0.813. The molecule has 0 fully saturated rings. The Morgan fingerprint density at radius 1 is 1.50 bits per heavy atom. The molecule has 1 aromatic rings. The summed E-state index contributed by atoms with van der Waals surface area (Å²) in [5, 5.41) is 0. The Hall–Kier alpha value is -0.500. The molecule has 0 amide bonds. The van der Waals surface area contributed by atoms with Crippen molar-refractivity contribution in [2.75, 3.05) is 0 Å². The second-order valence-electron chi connectivity index (χ2n) is 2.08. The molecular formula is C8H9FS. The lowest BCUT2D eigenvalue weighted by atomic mass is 10.2. The maximum Gasteiger partial charge on any atom is 0.0812 e. The average molecular weight is 156 g/mol. The fraction of sp³-hybridized carbons (Fsp3) is 0.250. The summed E-state index contributed by atoms with van der Waals surface area (Å²) in [4.78, 5) is 0.694. The third kappa shape index (κ3) is 1.74. The van der Waals surface area contributed by atoms with E-state index in [0.29, 0.717) is 17.0 Å². The van der Waals surface area contributed by atoms with Crippen LogP contribution in [0.25, 0.3) is 0 Å². The minimum absolute atomic E-state index is 0.298. The molecule has 0 saturated carbocycles. The molecule has 0 aliphatic rings. The highest BCUT2D eigenvalue weighted by molar-refractivity contribution is 7.94. The maximum absolute atomic E-state index is 12.0. The van der Waals surface area contributed by atoms with Gasteiger partial charge in [-0.05, 0) is 24.1 Å². The first kappa shape index (κ1) is 7.61. The second-order valence-corrected chi connectivity index (χ2v) is 2.70. The molecule has 0 atom stereocenters. The molecule has 0 saturated heterocycles. The summed E-state index contributed by atoms with van der Waals surface area (Å²) in [6, 6.07) is 7.51. The van der Waals surface area contributed by atoms with Gasteiger partial charge in [0.25, 0.3) is 0 Å². The highest BCUT2D eigenvalue weighted by Gasteiger charge is 1.92. The van der Waals surface area contributed by atoms with E-state index in [1.54, 1.807) is 6.07 Å². The van der Waals surface area contributed by atoms with Crippen LogP contribution in [0.2, 0.25) is 0 Å². The molecule has 2 heteroatoms. The van der Waals surface area contributed by atoms with Gasteiger partial charge >= 0.3 is 0 Å². The highest BCUT2D eigenvalue weighted by atomic mass is 32.2. The van der Waals surface area contributed by atoms with Gasteiger partial charge in [-0.1, -0.05) is 19.1 Å². The molecule has 0 bridgehead atoms. The van der Waals surface area contributed by atoms with Crippen molar-refractivity contribution in [3.05, 3.63) is 29.8 Å². The van der Waals surface area contributed by atoms with Crippen molar-refractivity contribution in [1.82, 2.24) is 0 Å². The first-order valence-corrected chi connectivity index (χ1v) is 3.96. The minimum atomic E-state index is 0.298. The summed E-state index contributed by atoms with van der Waals surface area (Å²) in [6.07, 6.45) is 0.967. The van der Waals surface area contributed by atoms with Crippen LogP contribution in [-0.2, 0) is 6.42 Å². The lowest BCUT2D eigenvalue weighted by molar-refractivity contribution is 0.933. The molecule has 54 valence electrons. The van der Waals surface area contributed by atoms with Crippen LogP contribution in [0.1, 0.15) is 12.5 Å². The van der Waals surface area contributed by atoms with Crippen molar-refractivity contribution < 1.29 is 3.89 Å². The summed E-state index contributed by atoms with van der Waals surface area (Å²) in [7, 11) is 0. The summed E-state index contributed by atoms with van der Waals surface area (Å²) in [5.41, 5.74) is 1.18. The Morgan fingerprint density at radius 3 is 2.90 bits per heavy atom. The molecule has 0 spiro atoms. The number of benzene rings is 1. The third-order valence-corrected chi connectivity index (χ3v) is 1.83. The molecule has 0 radical (unpaired) electrons. The second kappa shape index (κ2) is 3.62. The Bertz CT molecular complexity index is 191. The first-order valence-electron chi connectivity index (χ1n) is 3.24. The van der Waals surface area contributed by atoms with Gasteiger partial charge < -0.3 is 0 Å². The summed E-state index contributed by atoms with van der Waals surface area (Å²) >= 11 is 0.298. The van der Waals surface area contributed by atoms with Gasteiger partial charge in [0.15, 0.2) is 0 Å². The molecule has 0 N–H and O–H groups in total. The Labute approximate surface area is 64.7 Å². The molecular weight excluding hydrogens is 147 g/mol. The predicted molar refractivity (Wildman–Crippen MR) is 42.8 cm³/mol. The number of aryl methyl sites for hydroxylation is 1. The van der Waals surface area contributed by atoms with Crippen molar-refractivity contribution >= 4 is 12.1 Å². The van der Waals surface area contributed by atoms with Crippen LogP contribution >= 0.6 is 12.1 Å². The normalized spacial score (nSPS) is 9.80. The topological polar surface area (TPSA) is 0 Å². The van der Waals surface area contributed by atoms with Gasteiger partial charge in [0.05, 0.1) is 12.1 Å². The molecule has 0 heterocycles. The molecule has 1 rings (SSSR count). The zero-order valence-corrected chi connectivity index (χ0v) is 6.62. The van der Waals surface area contributed by atoms with Crippen LogP contribution < -0.4 is 0 Å². The van der Waals surface area contributed by atoms with E-state index >= 15 is 0 Å². The number of halogens is 1. The van der Waals surface area contributed by atoms with Crippen molar-refractivity contribution in [3.8, 4) is 0 Å². The van der Waals surface area contributed by atoms with Crippen molar-refractivity contribution in [2.24, 2.45) is 0 Å². The fourth-order valence-corrected chi connectivity index (χ4v) is 1.14. The van der Waals surface area contributed by atoms with Crippen LogP contribution in [0.3, 0.4) is 0 Å². The predicted octanol–water partition coefficient (Wildman–Crippen LogP) is 3.23. The maximum atomic E-state index is 12.0. The lowest BCUT2D eigenvalue weighted by Gasteiger charge is -1.95.